The first-order chi connectivity index (χ1) is 40.3. The summed E-state index contributed by atoms with van der Waals surface area (Å²) in [6, 6.07) is 25.2. The van der Waals surface area contributed by atoms with Crippen molar-refractivity contribution < 1.29 is 41.8 Å². The number of likely N-dealkylation sites (tertiary alicyclic amines) is 1. The Balaban J connectivity index is 0.605. The molecule has 3 amide bonds. The van der Waals surface area contributed by atoms with Crippen LogP contribution in [0, 0.1) is 17.3 Å². The molecule has 6 aromatic rings. The van der Waals surface area contributed by atoms with Gasteiger partial charge in [-0.05, 0) is 117 Å². The van der Waals surface area contributed by atoms with Gasteiger partial charge in [0.15, 0.2) is 17.3 Å². The van der Waals surface area contributed by atoms with Crippen molar-refractivity contribution >= 4 is 69.4 Å². The van der Waals surface area contributed by atoms with Gasteiger partial charge >= 0.3 is 6.18 Å². The van der Waals surface area contributed by atoms with E-state index in [-0.39, 0.29) is 53.2 Å². The zero-order valence-corrected chi connectivity index (χ0v) is 48.2. The van der Waals surface area contributed by atoms with Gasteiger partial charge in [0, 0.05) is 109 Å². The molecule has 0 spiro atoms. The molecule has 442 valence electrons. The highest BCUT2D eigenvalue weighted by Gasteiger charge is 2.46. The summed E-state index contributed by atoms with van der Waals surface area (Å²) >= 11 is 0. The van der Waals surface area contributed by atoms with Crippen LogP contribution in [0.2, 0.25) is 0 Å². The number of ether oxygens (including phenoxy) is 2. The number of Topliss-reactive ketones (excluding diaryl/α,β-unsaturated/α-hetero) is 1. The van der Waals surface area contributed by atoms with Crippen LogP contribution in [0.3, 0.4) is 0 Å². The summed E-state index contributed by atoms with van der Waals surface area (Å²) in [6.45, 7) is 15.3. The van der Waals surface area contributed by atoms with E-state index in [1.165, 1.54) is 18.2 Å². The summed E-state index contributed by atoms with van der Waals surface area (Å²) in [4.78, 5) is 75.0. The average molecular weight is 1150 g/mol. The number of para-hydroxylation sites is 1. The molecule has 4 N–H and O–H groups in total. The molecule has 4 aliphatic heterocycles. The zero-order valence-electron chi connectivity index (χ0n) is 48.2. The normalized spacial score (nSPS) is 18.0. The van der Waals surface area contributed by atoms with E-state index in [0.717, 1.165) is 113 Å². The van der Waals surface area contributed by atoms with E-state index in [0.29, 0.717) is 59.3 Å². The monoisotopic (exact) mass is 1150 g/mol. The second kappa shape index (κ2) is 23.8. The van der Waals surface area contributed by atoms with Crippen molar-refractivity contribution in [3.8, 4) is 17.2 Å². The van der Waals surface area contributed by atoms with Gasteiger partial charge in [0.2, 0.25) is 11.9 Å². The van der Waals surface area contributed by atoms with Crippen LogP contribution in [0.15, 0.2) is 91.1 Å². The number of carbonyl (C=O) groups excluding carboxylic acids is 4. The summed E-state index contributed by atoms with van der Waals surface area (Å²) in [5.74, 6) is 1.69. The second-order valence-electron chi connectivity index (χ2n) is 23.4. The fourth-order valence-corrected chi connectivity index (χ4v) is 12.4. The molecule has 0 unspecified atom stereocenters. The maximum Gasteiger partial charge on any atom is 0.435 e. The van der Waals surface area contributed by atoms with Crippen molar-refractivity contribution in [2.75, 3.05) is 118 Å². The van der Waals surface area contributed by atoms with Crippen LogP contribution < -0.4 is 40.5 Å². The first-order valence-corrected chi connectivity index (χ1v) is 29.0. The number of carbonyl (C=O) groups is 4. The van der Waals surface area contributed by atoms with Crippen LogP contribution in [0.1, 0.15) is 95.3 Å². The molecule has 6 heterocycles. The lowest BCUT2D eigenvalue weighted by molar-refractivity contribution is -0.141. The Hall–Kier alpha value is -8.24. The molecule has 3 fully saturated rings. The van der Waals surface area contributed by atoms with Crippen molar-refractivity contribution in [2.45, 2.75) is 65.5 Å². The number of nitrogens with one attached hydrogen (secondary N) is 2. The highest BCUT2D eigenvalue weighted by atomic mass is 19.4. The predicted molar refractivity (Wildman–Crippen MR) is 316 cm³/mol. The number of piperazine rings is 1. The van der Waals surface area contributed by atoms with Crippen LogP contribution in [0.5, 0.6) is 11.5 Å². The Bertz CT molecular complexity index is 3440. The molecule has 1 aliphatic carbocycles. The van der Waals surface area contributed by atoms with Crippen molar-refractivity contribution in [1.82, 2.24) is 34.4 Å². The van der Waals surface area contributed by atoms with Crippen molar-refractivity contribution in [2.24, 2.45) is 23.0 Å². The van der Waals surface area contributed by atoms with Gasteiger partial charge in [0.1, 0.15) is 23.8 Å². The highest BCUT2D eigenvalue weighted by molar-refractivity contribution is 6.13. The number of nitrogens with two attached hydrogens (primary N) is 1. The Morgan fingerprint density at radius 3 is 2.20 bits per heavy atom. The van der Waals surface area contributed by atoms with Crippen molar-refractivity contribution in [3.05, 3.63) is 119 Å². The van der Waals surface area contributed by atoms with Crippen LogP contribution in [-0.2, 0) is 17.4 Å². The van der Waals surface area contributed by atoms with Gasteiger partial charge in [-0.3, -0.25) is 24.1 Å². The van der Waals surface area contributed by atoms with E-state index in [1.807, 2.05) is 81.2 Å². The lowest BCUT2D eigenvalue weighted by Gasteiger charge is -2.40. The average Bonchev–Trinajstić information content (AvgIpc) is 2.72. The Labute approximate surface area is 486 Å². The molecular weight excluding hydrogens is 1080 g/mol. The minimum absolute atomic E-state index is 0.00435. The molecule has 0 atom stereocenters. The first-order valence-electron chi connectivity index (χ1n) is 29.0. The highest BCUT2D eigenvalue weighted by Crippen LogP contribution is 2.43. The third-order valence-corrected chi connectivity index (χ3v) is 17.0. The number of hydrogen-bond acceptors (Lipinski definition) is 15. The number of halogens is 3. The quantitative estimate of drug-likeness (QED) is 0.0828. The van der Waals surface area contributed by atoms with Crippen LogP contribution in [-0.4, -0.2) is 151 Å². The molecule has 2 aromatic heterocycles. The van der Waals surface area contributed by atoms with E-state index in [9.17, 15) is 32.3 Å². The number of aromatic nitrogens is 4. The number of alkyl halides is 3. The SMILES string of the molecule is CCOc1cc(N2CCC(C(=O)N3CCC(CN4CCN(CCOc5ccc(Nc6cc(-n7nc(C(F)(F)F)c8c7CC(C)(C)CC8=O)ccc6C(N)=O)cc5)CC4)CC3)CC2)ccc1Nc1ncc2c(n1)N(C)c1ccccc1C(=O)N2C. The molecule has 22 heteroatoms. The van der Waals surface area contributed by atoms with E-state index >= 15 is 0 Å². The molecule has 84 heavy (non-hydrogen) atoms. The Morgan fingerprint density at radius 2 is 1.49 bits per heavy atom. The van der Waals surface area contributed by atoms with Gasteiger partial charge in [0.25, 0.3) is 11.8 Å². The van der Waals surface area contributed by atoms with E-state index in [4.69, 9.17) is 20.2 Å². The van der Waals surface area contributed by atoms with Gasteiger partial charge in [-0.1, -0.05) is 26.0 Å². The molecule has 0 radical (unpaired) electrons. The summed E-state index contributed by atoms with van der Waals surface area (Å²) in [6.07, 6.45) is 0.608. The van der Waals surface area contributed by atoms with Crippen LogP contribution in [0.25, 0.3) is 5.69 Å². The number of fused-ring (bicyclic) bond motifs is 3. The molecule has 3 saturated heterocycles. The molecule has 4 aromatic carbocycles. The topological polar surface area (TPSA) is 200 Å². The molecule has 0 saturated carbocycles. The Morgan fingerprint density at radius 1 is 0.774 bits per heavy atom. The van der Waals surface area contributed by atoms with Gasteiger partial charge in [-0.15, -0.1) is 0 Å². The number of piperidine rings is 2. The number of primary amides is 1. The molecule has 0 bridgehead atoms. The fraction of sp³-hybridized carbons (Fsp3) is 0.435. The number of anilines is 8. The third-order valence-electron chi connectivity index (χ3n) is 17.0. The zero-order chi connectivity index (χ0) is 59.0. The number of rotatable bonds is 16. The maximum absolute atomic E-state index is 14.2. The standard InChI is InChI=1S/C62H72F3N13O6/c1-6-83-53-34-42(14-18-47(53)69-60-67-37-51-57(70-60)72(4)49-10-8-7-9-46(49)59(82)73(51)5)76-25-21-40(22-26-76)58(81)77-23-19-39(20-24-77)38-75-29-27-74(28-30-75)31-32-84-44-15-11-41(12-16-44)68-48-33-43(13-17-45(48)56(66)80)78-50-35-61(2,3)36-52(79)54(50)55(71-78)62(63,64)65/h7-18,33-34,37,39-40,68H,6,19-32,35-36,38H2,1-5H3,(H2,66,80)(H,67,69,70). The van der Waals surface area contributed by atoms with Gasteiger partial charge in [0.05, 0.1) is 57.9 Å². The smallest absolute Gasteiger partial charge is 0.435 e. The Kier molecular flexibility index (Phi) is 16.3. The number of nitrogens with zero attached hydrogens (tertiary/aromatic N) is 10. The summed E-state index contributed by atoms with van der Waals surface area (Å²) < 4.78 is 55.9. The van der Waals surface area contributed by atoms with E-state index in [1.54, 1.807) is 30.3 Å². The largest absolute Gasteiger partial charge is 0.492 e. The van der Waals surface area contributed by atoms with Gasteiger partial charge in [-0.2, -0.15) is 23.3 Å². The number of ketones is 1. The molecule has 11 rings (SSSR count). The summed E-state index contributed by atoms with van der Waals surface area (Å²) in [7, 11) is 3.63. The minimum atomic E-state index is -4.83. The maximum atomic E-state index is 14.2. The minimum Gasteiger partial charge on any atom is -0.492 e. The molecular formula is C62H72F3N13O6. The van der Waals surface area contributed by atoms with Crippen molar-refractivity contribution in [3.63, 3.8) is 0 Å². The molecule has 5 aliphatic rings. The number of benzene rings is 4. The van der Waals surface area contributed by atoms with E-state index in [2.05, 4.69) is 46.4 Å². The lowest BCUT2D eigenvalue weighted by Crippen LogP contribution is -2.50. The fourth-order valence-electron chi connectivity index (χ4n) is 12.4. The second-order valence-corrected chi connectivity index (χ2v) is 23.4. The van der Waals surface area contributed by atoms with Crippen LogP contribution >= 0.6 is 0 Å². The number of hydrogen-bond donors (Lipinski definition) is 3. The van der Waals surface area contributed by atoms with Crippen LogP contribution in [0.4, 0.5) is 59.1 Å². The predicted octanol–water partition coefficient (Wildman–Crippen LogP) is 9.33. The van der Waals surface area contributed by atoms with Gasteiger partial charge in [-0.25, -0.2) is 9.67 Å². The first kappa shape index (κ1) is 57.6. The summed E-state index contributed by atoms with van der Waals surface area (Å²) in [5, 5.41) is 10.5. The van der Waals surface area contributed by atoms with Crippen molar-refractivity contribution in [1.29, 1.82) is 0 Å². The molecule has 19 nitrogen and oxygen atoms in total. The third kappa shape index (κ3) is 12.2. The lowest BCUT2D eigenvalue weighted by atomic mass is 9.75. The summed E-state index contributed by atoms with van der Waals surface area (Å²) in [5.41, 5.74) is 8.67. The number of amides is 3. The van der Waals surface area contributed by atoms with Gasteiger partial charge < -0.3 is 50.3 Å². The van der Waals surface area contributed by atoms with E-state index < -0.39 is 34.5 Å².